The summed E-state index contributed by atoms with van der Waals surface area (Å²) in [5, 5.41) is 8.74. The van der Waals surface area contributed by atoms with Crippen LogP contribution in [0, 0.1) is 6.92 Å². The van der Waals surface area contributed by atoms with Gasteiger partial charge in [-0.1, -0.05) is 37.3 Å². The molecule has 0 spiro atoms. The number of amides is 2. The van der Waals surface area contributed by atoms with Crippen LogP contribution in [-0.2, 0) is 4.79 Å². The average molecular weight is 393 g/mol. The zero-order chi connectivity index (χ0) is 20.5. The van der Waals surface area contributed by atoms with Gasteiger partial charge in [-0.15, -0.1) is 0 Å². The van der Waals surface area contributed by atoms with E-state index in [-0.39, 0.29) is 35.2 Å². The maximum Gasteiger partial charge on any atom is 0.273 e. The van der Waals surface area contributed by atoms with E-state index in [4.69, 9.17) is 0 Å². The van der Waals surface area contributed by atoms with Gasteiger partial charge in [0.25, 0.3) is 11.5 Å². The summed E-state index contributed by atoms with van der Waals surface area (Å²) in [4.78, 5) is 43.4. The number of hydrogen-bond acceptors (Lipinski definition) is 4. The minimum Gasteiger partial charge on any atom is -0.351 e. The lowest BCUT2D eigenvalue weighted by Crippen LogP contribution is -2.41. The molecule has 150 valence electrons. The van der Waals surface area contributed by atoms with E-state index in [0.717, 1.165) is 5.56 Å². The molecule has 1 fully saturated rings. The third kappa shape index (κ3) is 3.41. The number of hydrogen-bond donors (Lipinski definition) is 3. The Morgan fingerprint density at radius 1 is 1.24 bits per heavy atom. The van der Waals surface area contributed by atoms with Crippen molar-refractivity contribution in [3.05, 3.63) is 63.6 Å². The second-order valence-electron chi connectivity index (χ2n) is 7.30. The molecule has 1 aromatic carbocycles. The molecule has 29 heavy (non-hydrogen) atoms. The molecular formula is C21H23N5O3. The molecule has 1 saturated heterocycles. The number of aryl methyl sites for hydroxylation is 1. The summed E-state index contributed by atoms with van der Waals surface area (Å²) in [6, 6.07) is 10.9. The Kier molecular flexibility index (Phi) is 4.92. The van der Waals surface area contributed by atoms with E-state index in [1.165, 1.54) is 0 Å². The molecule has 3 N–H and O–H groups in total. The highest BCUT2D eigenvalue weighted by molar-refractivity contribution is 5.95. The lowest BCUT2D eigenvalue weighted by Gasteiger charge is -2.29. The van der Waals surface area contributed by atoms with Crippen molar-refractivity contribution in [3.63, 3.8) is 0 Å². The highest BCUT2D eigenvalue weighted by Crippen LogP contribution is 2.33. The topological polar surface area (TPSA) is 111 Å². The molecule has 3 heterocycles. The summed E-state index contributed by atoms with van der Waals surface area (Å²) >= 11 is 0. The van der Waals surface area contributed by atoms with E-state index in [1.54, 1.807) is 17.9 Å². The van der Waals surface area contributed by atoms with Crippen LogP contribution in [0.2, 0.25) is 0 Å². The third-order valence-electron chi connectivity index (χ3n) is 5.42. The van der Waals surface area contributed by atoms with Crippen molar-refractivity contribution in [2.45, 2.75) is 38.8 Å². The van der Waals surface area contributed by atoms with Gasteiger partial charge in [0, 0.05) is 13.0 Å². The number of fused-ring (bicyclic) bond motifs is 1. The fourth-order valence-corrected chi connectivity index (χ4v) is 4.03. The van der Waals surface area contributed by atoms with Crippen LogP contribution in [0.3, 0.4) is 0 Å². The SMILES string of the molecule is CCC(=O)NC1CCN(C(=O)c2cc(C)c3c(=O)[nH][nH]c3n2)C1c1ccccc1. The van der Waals surface area contributed by atoms with Crippen LogP contribution in [0.25, 0.3) is 11.0 Å². The molecule has 8 nitrogen and oxygen atoms in total. The van der Waals surface area contributed by atoms with Crippen molar-refractivity contribution < 1.29 is 9.59 Å². The summed E-state index contributed by atoms with van der Waals surface area (Å²) < 4.78 is 0. The average Bonchev–Trinajstić information content (AvgIpc) is 3.31. The second-order valence-corrected chi connectivity index (χ2v) is 7.30. The number of H-pyrrole nitrogens is 2. The number of rotatable bonds is 4. The first-order chi connectivity index (χ1) is 14.0. The van der Waals surface area contributed by atoms with Gasteiger partial charge in [-0.3, -0.25) is 24.6 Å². The largest absolute Gasteiger partial charge is 0.351 e. The maximum atomic E-state index is 13.4. The van der Waals surface area contributed by atoms with Gasteiger partial charge in [-0.25, -0.2) is 4.98 Å². The molecule has 3 aromatic rings. The van der Waals surface area contributed by atoms with Crippen molar-refractivity contribution in [1.82, 2.24) is 25.4 Å². The number of benzene rings is 1. The Hall–Kier alpha value is -3.42. The van der Waals surface area contributed by atoms with E-state index in [2.05, 4.69) is 20.5 Å². The molecule has 0 saturated carbocycles. The quantitative estimate of drug-likeness (QED) is 0.630. The smallest absolute Gasteiger partial charge is 0.273 e. The first-order valence-electron chi connectivity index (χ1n) is 9.73. The number of nitrogens with one attached hydrogen (secondary N) is 3. The molecule has 2 atom stereocenters. The highest BCUT2D eigenvalue weighted by Gasteiger charge is 2.39. The molecule has 2 unspecified atom stereocenters. The lowest BCUT2D eigenvalue weighted by atomic mass is 9.99. The van der Waals surface area contributed by atoms with Crippen LogP contribution in [-0.4, -0.2) is 44.5 Å². The molecule has 2 aromatic heterocycles. The molecule has 8 heteroatoms. The molecule has 0 aliphatic carbocycles. The Bertz CT molecular complexity index is 1120. The van der Waals surface area contributed by atoms with E-state index >= 15 is 0 Å². The number of aromatic nitrogens is 3. The summed E-state index contributed by atoms with van der Waals surface area (Å²) in [6.07, 6.45) is 1.06. The van der Waals surface area contributed by atoms with Gasteiger partial charge in [-0.2, -0.15) is 0 Å². The minimum absolute atomic E-state index is 0.0366. The lowest BCUT2D eigenvalue weighted by molar-refractivity contribution is -0.121. The molecule has 4 rings (SSSR count). The normalized spacial score (nSPS) is 18.9. The molecule has 0 bridgehead atoms. The Morgan fingerprint density at radius 3 is 2.72 bits per heavy atom. The van der Waals surface area contributed by atoms with E-state index in [9.17, 15) is 14.4 Å². The molecule has 1 aliphatic heterocycles. The number of carbonyl (C=O) groups is 2. The second kappa shape index (κ2) is 7.54. The summed E-state index contributed by atoms with van der Waals surface area (Å²) in [6.45, 7) is 4.10. The van der Waals surface area contributed by atoms with Gasteiger partial charge >= 0.3 is 0 Å². The Morgan fingerprint density at radius 2 is 2.00 bits per heavy atom. The van der Waals surface area contributed by atoms with Gasteiger partial charge in [0.15, 0.2) is 5.65 Å². The summed E-state index contributed by atoms with van der Waals surface area (Å²) in [5.41, 5.74) is 2.03. The zero-order valence-electron chi connectivity index (χ0n) is 16.4. The number of aromatic amines is 2. The number of likely N-dealkylation sites (tertiary alicyclic amines) is 1. The van der Waals surface area contributed by atoms with Crippen LogP contribution in [0.15, 0.2) is 41.2 Å². The van der Waals surface area contributed by atoms with Crippen molar-refractivity contribution >= 4 is 22.8 Å². The summed E-state index contributed by atoms with van der Waals surface area (Å²) in [7, 11) is 0. The Labute approximate surface area is 167 Å². The minimum atomic E-state index is -0.276. The predicted octanol–water partition coefficient (Wildman–Crippen LogP) is 2.04. The van der Waals surface area contributed by atoms with Crippen LogP contribution in [0.4, 0.5) is 0 Å². The van der Waals surface area contributed by atoms with Gasteiger partial charge in [0.2, 0.25) is 5.91 Å². The first kappa shape index (κ1) is 18.9. The van der Waals surface area contributed by atoms with Gasteiger partial charge < -0.3 is 10.2 Å². The number of nitrogens with zero attached hydrogens (tertiary/aromatic N) is 2. The number of pyridine rings is 1. The van der Waals surface area contributed by atoms with Crippen molar-refractivity contribution in [2.75, 3.05) is 6.54 Å². The highest BCUT2D eigenvalue weighted by atomic mass is 16.2. The standard InChI is InChI=1S/C21H23N5O3/c1-3-16(27)22-14-9-10-26(18(14)13-7-5-4-6-8-13)21(29)15-11-12(2)17-19(23-15)24-25-20(17)28/h4-8,11,14,18H,3,9-10H2,1-2H3,(H,22,27)(H2,23,24,25,28). The van der Waals surface area contributed by atoms with E-state index < -0.39 is 0 Å². The predicted molar refractivity (Wildman–Crippen MR) is 109 cm³/mol. The van der Waals surface area contributed by atoms with E-state index in [0.29, 0.717) is 36.0 Å². The molecule has 2 amide bonds. The van der Waals surface area contributed by atoms with Gasteiger partial charge in [-0.05, 0) is 30.5 Å². The molecule has 1 aliphatic rings. The van der Waals surface area contributed by atoms with E-state index in [1.807, 2.05) is 37.3 Å². The first-order valence-corrected chi connectivity index (χ1v) is 9.73. The van der Waals surface area contributed by atoms with Gasteiger partial charge in [0.1, 0.15) is 5.69 Å². The van der Waals surface area contributed by atoms with Crippen molar-refractivity contribution in [1.29, 1.82) is 0 Å². The fraction of sp³-hybridized carbons (Fsp3) is 0.333. The number of carbonyl (C=O) groups excluding carboxylic acids is 2. The maximum absolute atomic E-state index is 13.4. The van der Waals surface area contributed by atoms with Crippen molar-refractivity contribution in [2.24, 2.45) is 0 Å². The van der Waals surface area contributed by atoms with Crippen LogP contribution in [0.1, 0.15) is 47.4 Å². The van der Waals surface area contributed by atoms with Gasteiger partial charge in [0.05, 0.1) is 17.5 Å². The molecular weight excluding hydrogens is 370 g/mol. The van der Waals surface area contributed by atoms with Crippen LogP contribution in [0.5, 0.6) is 0 Å². The third-order valence-corrected chi connectivity index (χ3v) is 5.42. The van der Waals surface area contributed by atoms with Crippen molar-refractivity contribution in [3.8, 4) is 0 Å². The fourth-order valence-electron chi connectivity index (χ4n) is 4.03. The Balaban J connectivity index is 1.71. The van der Waals surface area contributed by atoms with Crippen LogP contribution >= 0.6 is 0 Å². The molecule has 0 radical (unpaired) electrons. The zero-order valence-corrected chi connectivity index (χ0v) is 16.4. The summed E-state index contributed by atoms with van der Waals surface area (Å²) in [5.74, 6) is -0.260. The monoisotopic (exact) mass is 393 g/mol. The van der Waals surface area contributed by atoms with Crippen LogP contribution < -0.4 is 10.9 Å².